The molecule has 3 heterocycles. The van der Waals surface area contributed by atoms with Gasteiger partial charge in [0.2, 0.25) is 0 Å². The van der Waals surface area contributed by atoms with Gasteiger partial charge in [0.25, 0.3) is 12.0 Å². The molecule has 0 spiro atoms. The minimum atomic E-state index is -1.35. The first-order chi connectivity index (χ1) is 15.8. The van der Waals surface area contributed by atoms with Crippen LogP contribution in [-0.4, -0.2) is 66.2 Å². The van der Waals surface area contributed by atoms with Gasteiger partial charge in [-0.1, -0.05) is 0 Å². The molecule has 0 radical (unpaired) electrons. The number of anilines is 1. The molecular weight excluding hydrogens is 437 g/mol. The normalized spacial score (nSPS) is 22.3. The second kappa shape index (κ2) is 8.64. The Balaban J connectivity index is 0.000000821. The zero-order valence-electron chi connectivity index (χ0n) is 18.1. The van der Waals surface area contributed by atoms with Gasteiger partial charge in [-0.2, -0.15) is 0 Å². The van der Waals surface area contributed by atoms with Crippen molar-refractivity contribution in [3.63, 3.8) is 0 Å². The standard InChI is InChI=1S/C21H24FN3O5.CH2O2/c1-29-9-13-10-30-18-16-11(6-14(20(27)28)19(26)25(13)16)7-15(22)17(18)24-5-2-12(8-24)21(23)3-4-21;2-1-3/h6-7,12-13H,2-5,8-10,23H2,1H3,(H,27,28);1H,(H,2,3)/t12-,13+;/m1./s1. The lowest BCUT2D eigenvalue weighted by Crippen LogP contribution is -2.38. The number of carboxylic acids is 1. The van der Waals surface area contributed by atoms with E-state index >= 15 is 4.39 Å². The molecule has 1 aromatic carbocycles. The van der Waals surface area contributed by atoms with Crippen LogP contribution < -0.4 is 20.9 Å². The van der Waals surface area contributed by atoms with E-state index < -0.39 is 29.0 Å². The molecule has 2 atom stereocenters. The monoisotopic (exact) mass is 463 g/mol. The number of hydrogen-bond acceptors (Lipinski definition) is 7. The van der Waals surface area contributed by atoms with Gasteiger partial charge >= 0.3 is 5.97 Å². The van der Waals surface area contributed by atoms with Crippen molar-refractivity contribution in [1.82, 2.24) is 4.57 Å². The second-order valence-electron chi connectivity index (χ2n) is 8.70. The zero-order valence-corrected chi connectivity index (χ0v) is 18.1. The Kier molecular flexibility index (Phi) is 6.02. The molecule has 3 aliphatic rings. The lowest BCUT2D eigenvalue weighted by atomic mass is 9.97. The van der Waals surface area contributed by atoms with Crippen molar-refractivity contribution in [2.45, 2.75) is 30.8 Å². The largest absolute Gasteiger partial charge is 0.487 e. The number of carbonyl (C=O) groups is 2. The van der Waals surface area contributed by atoms with Crippen molar-refractivity contribution in [2.75, 3.05) is 38.3 Å². The predicted octanol–water partition coefficient (Wildman–Crippen LogP) is 1.44. The summed E-state index contributed by atoms with van der Waals surface area (Å²) in [7, 11) is 1.50. The van der Waals surface area contributed by atoms with Gasteiger partial charge in [0.05, 0.1) is 18.2 Å². The maximum atomic E-state index is 15.3. The van der Waals surface area contributed by atoms with Crippen molar-refractivity contribution >= 4 is 29.0 Å². The van der Waals surface area contributed by atoms with Gasteiger partial charge < -0.3 is 30.3 Å². The van der Waals surface area contributed by atoms with Gasteiger partial charge in [0, 0.05) is 31.1 Å². The Labute approximate surface area is 188 Å². The Hall–Kier alpha value is -3.18. The number of benzene rings is 1. The van der Waals surface area contributed by atoms with Gasteiger partial charge in [-0.15, -0.1) is 0 Å². The summed E-state index contributed by atoms with van der Waals surface area (Å²) in [5.74, 6) is -1.26. The molecule has 0 bridgehead atoms. The summed E-state index contributed by atoms with van der Waals surface area (Å²) in [5.41, 5.74) is 5.92. The summed E-state index contributed by atoms with van der Waals surface area (Å²) in [5, 5.41) is 16.7. The van der Waals surface area contributed by atoms with Gasteiger partial charge in [-0.05, 0) is 37.3 Å². The average molecular weight is 463 g/mol. The lowest BCUT2D eigenvalue weighted by Gasteiger charge is -2.32. The van der Waals surface area contributed by atoms with Crippen LogP contribution in [0.25, 0.3) is 10.9 Å². The Bertz CT molecular complexity index is 1160. The fourth-order valence-electron chi connectivity index (χ4n) is 4.92. The number of aromatic nitrogens is 1. The highest BCUT2D eigenvalue weighted by Gasteiger charge is 2.48. The molecule has 2 aliphatic heterocycles. The number of nitrogens with two attached hydrogens (primary N) is 1. The first-order valence-corrected chi connectivity index (χ1v) is 10.6. The van der Waals surface area contributed by atoms with Crippen molar-refractivity contribution in [2.24, 2.45) is 11.7 Å². The van der Waals surface area contributed by atoms with Crippen LogP contribution in [0, 0.1) is 11.7 Å². The number of halogens is 1. The molecule has 1 aromatic heterocycles. The smallest absolute Gasteiger partial charge is 0.341 e. The molecule has 5 rings (SSSR count). The molecule has 2 fully saturated rings. The van der Waals surface area contributed by atoms with Gasteiger partial charge in [0.1, 0.15) is 17.9 Å². The highest BCUT2D eigenvalue weighted by Crippen LogP contribution is 2.48. The number of rotatable bonds is 5. The molecule has 0 unspecified atom stereocenters. The molecule has 2 aromatic rings. The van der Waals surface area contributed by atoms with Crippen LogP contribution in [0.1, 0.15) is 35.7 Å². The van der Waals surface area contributed by atoms with E-state index in [1.165, 1.54) is 23.8 Å². The van der Waals surface area contributed by atoms with E-state index in [-0.39, 0.29) is 31.0 Å². The predicted molar refractivity (Wildman–Crippen MR) is 117 cm³/mol. The van der Waals surface area contributed by atoms with E-state index in [1.807, 2.05) is 4.90 Å². The second-order valence-corrected chi connectivity index (χ2v) is 8.70. The zero-order chi connectivity index (χ0) is 23.9. The molecule has 33 heavy (non-hydrogen) atoms. The highest BCUT2D eigenvalue weighted by atomic mass is 19.1. The molecule has 11 heteroatoms. The number of methoxy groups -OCH3 is 1. The first kappa shape index (κ1) is 23.0. The number of pyridine rings is 1. The molecular formula is C22H26FN3O7. The van der Waals surface area contributed by atoms with Crippen LogP contribution in [0.15, 0.2) is 16.9 Å². The van der Waals surface area contributed by atoms with Crippen molar-refractivity contribution in [3.05, 3.63) is 33.9 Å². The van der Waals surface area contributed by atoms with E-state index in [1.54, 1.807) is 0 Å². The van der Waals surface area contributed by atoms with Crippen LogP contribution in [0.2, 0.25) is 0 Å². The maximum Gasteiger partial charge on any atom is 0.341 e. The number of aromatic carboxylic acids is 1. The molecule has 1 saturated heterocycles. The summed E-state index contributed by atoms with van der Waals surface area (Å²) >= 11 is 0. The van der Waals surface area contributed by atoms with E-state index in [0.29, 0.717) is 35.6 Å². The first-order valence-electron chi connectivity index (χ1n) is 10.6. The minimum Gasteiger partial charge on any atom is -0.487 e. The van der Waals surface area contributed by atoms with E-state index in [9.17, 15) is 14.7 Å². The highest BCUT2D eigenvalue weighted by molar-refractivity contribution is 5.97. The third kappa shape index (κ3) is 3.91. The third-order valence-corrected chi connectivity index (χ3v) is 6.72. The van der Waals surface area contributed by atoms with Gasteiger partial charge in [-0.25, -0.2) is 9.18 Å². The minimum absolute atomic E-state index is 0.0907. The molecule has 4 N–H and O–H groups in total. The summed E-state index contributed by atoms with van der Waals surface area (Å²) in [6, 6.07) is 2.01. The quantitative estimate of drug-likeness (QED) is 0.561. The fraction of sp³-hybridized carbons (Fsp3) is 0.500. The Morgan fingerprint density at radius 1 is 1.42 bits per heavy atom. The van der Waals surface area contributed by atoms with Crippen molar-refractivity contribution in [3.8, 4) is 5.75 Å². The van der Waals surface area contributed by atoms with Crippen LogP contribution in [0.4, 0.5) is 10.1 Å². The third-order valence-electron chi connectivity index (χ3n) is 6.72. The topological polar surface area (TPSA) is 144 Å². The number of carboxylic acid groups (broad SMARTS) is 2. The van der Waals surface area contributed by atoms with Crippen LogP contribution in [-0.2, 0) is 9.53 Å². The Morgan fingerprint density at radius 2 is 2.12 bits per heavy atom. The van der Waals surface area contributed by atoms with E-state index in [2.05, 4.69) is 0 Å². The van der Waals surface area contributed by atoms with Crippen molar-refractivity contribution in [1.29, 1.82) is 0 Å². The van der Waals surface area contributed by atoms with Crippen molar-refractivity contribution < 1.29 is 33.7 Å². The van der Waals surface area contributed by atoms with Crippen LogP contribution in [0.5, 0.6) is 5.75 Å². The summed E-state index contributed by atoms with van der Waals surface area (Å²) in [6.45, 7) is 1.30. The molecule has 0 amide bonds. The Morgan fingerprint density at radius 3 is 2.73 bits per heavy atom. The lowest BCUT2D eigenvalue weighted by molar-refractivity contribution is -0.122. The molecule has 1 aliphatic carbocycles. The number of ether oxygens (including phenoxy) is 2. The fourth-order valence-corrected chi connectivity index (χ4v) is 4.92. The molecule has 1 saturated carbocycles. The van der Waals surface area contributed by atoms with E-state index in [4.69, 9.17) is 25.1 Å². The molecule has 10 nitrogen and oxygen atoms in total. The average Bonchev–Trinajstić information content (AvgIpc) is 3.32. The SMILES string of the molecule is COC[C@H]1COc2c(N3CC[C@@H](C4(N)CC4)C3)c(F)cc3cc(C(=O)O)c(=O)n1c23.O=CO. The maximum absolute atomic E-state index is 15.3. The van der Waals surface area contributed by atoms with Crippen LogP contribution in [0.3, 0.4) is 0 Å². The summed E-state index contributed by atoms with van der Waals surface area (Å²) in [6.07, 6.45) is 2.86. The number of hydrogen-bond donors (Lipinski definition) is 3. The van der Waals surface area contributed by atoms with E-state index in [0.717, 1.165) is 19.3 Å². The number of nitrogens with zero attached hydrogens (tertiary/aromatic N) is 2. The van der Waals surface area contributed by atoms with Gasteiger partial charge in [-0.3, -0.25) is 14.2 Å². The summed E-state index contributed by atoms with van der Waals surface area (Å²) in [4.78, 5) is 34.9. The van der Waals surface area contributed by atoms with Gasteiger partial charge in [0.15, 0.2) is 11.6 Å². The van der Waals surface area contributed by atoms with Crippen LogP contribution >= 0.6 is 0 Å². The molecule has 178 valence electrons. The summed E-state index contributed by atoms with van der Waals surface area (Å²) < 4.78 is 27.9.